The molecule has 3 rings (SSSR count). The van der Waals surface area contributed by atoms with E-state index in [4.69, 9.17) is 0 Å². The molecular weight excluding hydrogens is 295 g/mol. The third-order valence-corrected chi connectivity index (χ3v) is 3.12. The fraction of sp³-hybridized carbons (Fsp3) is 0.125. The van der Waals surface area contributed by atoms with Gasteiger partial charge in [0.25, 0.3) is 0 Å². The van der Waals surface area contributed by atoms with E-state index in [9.17, 15) is 4.39 Å². The summed E-state index contributed by atoms with van der Waals surface area (Å²) in [6, 6.07) is 10.1. The highest BCUT2D eigenvalue weighted by molar-refractivity contribution is 5.38. The molecule has 1 aromatic carbocycles. The molecular formula is C16H15FN6. The van der Waals surface area contributed by atoms with Crippen molar-refractivity contribution < 1.29 is 4.39 Å². The van der Waals surface area contributed by atoms with Crippen LogP contribution in [0.25, 0.3) is 0 Å². The van der Waals surface area contributed by atoms with Crippen LogP contribution < -0.4 is 10.6 Å². The van der Waals surface area contributed by atoms with Crippen molar-refractivity contribution in [1.29, 1.82) is 0 Å². The van der Waals surface area contributed by atoms with Crippen LogP contribution in [-0.4, -0.2) is 20.2 Å². The van der Waals surface area contributed by atoms with E-state index < -0.39 is 0 Å². The maximum atomic E-state index is 12.9. The molecule has 6 nitrogen and oxygen atoms in total. The van der Waals surface area contributed by atoms with Crippen LogP contribution in [-0.2, 0) is 13.1 Å². The monoisotopic (exact) mass is 310 g/mol. The van der Waals surface area contributed by atoms with Gasteiger partial charge in [-0.2, -0.15) is 10.1 Å². The van der Waals surface area contributed by atoms with E-state index in [0.717, 1.165) is 11.1 Å². The number of rotatable bonds is 6. The molecule has 0 aliphatic heterocycles. The Kier molecular flexibility index (Phi) is 4.68. The summed E-state index contributed by atoms with van der Waals surface area (Å²) in [6.45, 7) is 1.10. The van der Waals surface area contributed by atoms with Gasteiger partial charge in [-0.05, 0) is 29.3 Å². The Morgan fingerprint density at radius 2 is 1.74 bits per heavy atom. The highest BCUT2D eigenvalue weighted by atomic mass is 19.1. The number of anilines is 2. The Labute approximate surface area is 132 Å². The van der Waals surface area contributed by atoms with Gasteiger partial charge in [0.15, 0.2) is 5.82 Å². The lowest BCUT2D eigenvalue weighted by Crippen LogP contribution is -2.08. The SMILES string of the molecule is Fc1ccc(CNc2cnnc(NCc3cccnc3)n2)cc1. The number of halogens is 1. The second-order valence-electron chi connectivity index (χ2n) is 4.86. The molecule has 7 heteroatoms. The molecule has 0 amide bonds. The van der Waals surface area contributed by atoms with Crippen molar-refractivity contribution in [3.63, 3.8) is 0 Å². The molecule has 0 bridgehead atoms. The Balaban J connectivity index is 1.57. The summed E-state index contributed by atoms with van der Waals surface area (Å²) in [6.07, 6.45) is 5.04. The highest BCUT2D eigenvalue weighted by Crippen LogP contribution is 2.09. The second kappa shape index (κ2) is 7.26. The van der Waals surface area contributed by atoms with Crippen molar-refractivity contribution in [2.24, 2.45) is 0 Å². The fourth-order valence-corrected chi connectivity index (χ4v) is 1.94. The Bertz CT molecular complexity index is 748. The largest absolute Gasteiger partial charge is 0.365 e. The minimum atomic E-state index is -0.251. The number of hydrogen-bond acceptors (Lipinski definition) is 6. The van der Waals surface area contributed by atoms with E-state index in [-0.39, 0.29) is 5.82 Å². The quantitative estimate of drug-likeness (QED) is 0.729. The van der Waals surface area contributed by atoms with Crippen LogP contribution in [0, 0.1) is 5.82 Å². The maximum absolute atomic E-state index is 12.9. The van der Waals surface area contributed by atoms with Crippen molar-refractivity contribution in [3.05, 3.63) is 71.9 Å². The number of benzene rings is 1. The van der Waals surface area contributed by atoms with Gasteiger partial charge >= 0.3 is 0 Å². The van der Waals surface area contributed by atoms with Gasteiger partial charge in [-0.1, -0.05) is 18.2 Å². The molecule has 116 valence electrons. The predicted octanol–water partition coefficient (Wildman–Crippen LogP) is 2.63. The Hall–Kier alpha value is -3.09. The van der Waals surface area contributed by atoms with Gasteiger partial charge in [0.2, 0.25) is 5.95 Å². The molecule has 0 spiro atoms. The molecule has 2 aromatic heterocycles. The van der Waals surface area contributed by atoms with E-state index in [1.807, 2.05) is 12.1 Å². The van der Waals surface area contributed by atoms with Crippen molar-refractivity contribution in [2.45, 2.75) is 13.1 Å². The van der Waals surface area contributed by atoms with Gasteiger partial charge in [-0.3, -0.25) is 4.98 Å². The summed E-state index contributed by atoms with van der Waals surface area (Å²) >= 11 is 0. The van der Waals surface area contributed by atoms with Gasteiger partial charge in [0, 0.05) is 25.5 Å². The zero-order valence-corrected chi connectivity index (χ0v) is 12.3. The lowest BCUT2D eigenvalue weighted by molar-refractivity contribution is 0.627. The van der Waals surface area contributed by atoms with Gasteiger partial charge < -0.3 is 10.6 Å². The molecule has 3 aromatic rings. The van der Waals surface area contributed by atoms with Gasteiger partial charge in [-0.15, -0.1) is 5.10 Å². The third-order valence-electron chi connectivity index (χ3n) is 3.12. The van der Waals surface area contributed by atoms with Crippen molar-refractivity contribution >= 4 is 11.8 Å². The molecule has 2 heterocycles. The summed E-state index contributed by atoms with van der Waals surface area (Å²) in [5, 5.41) is 14.1. The Morgan fingerprint density at radius 3 is 2.52 bits per heavy atom. The number of nitrogens with zero attached hydrogens (tertiary/aromatic N) is 4. The molecule has 2 N–H and O–H groups in total. The van der Waals surface area contributed by atoms with E-state index in [1.165, 1.54) is 12.1 Å². The third kappa shape index (κ3) is 4.44. The van der Waals surface area contributed by atoms with E-state index in [1.54, 1.807) is 30.7 Å². The minimum absolute atomic E-state index is 0.251. The number of pyridine rings is 1. The first kappa shape index (κ1) is 14.8. The normalized spacial score (nSPS) is 10.3. The smallest absolute Gasteiger partial charge is 0.244 e. The highest BCUT2D eigenvalue weighted by Gasteiger charge is 2.01. The molecule has 23 heavy (non-hydrogen) atoms. The standard InChI is InChI=1S/C16H15FN6/c17-14-5-3-12(4-6-14)9-19-15-11-21-23-16(22-15)20-10-13-2-1-7-18-8-13/h1-8,11H,9-10H2,(H2,19,20,22,23). The van der Waals surface area contributed by atoms with Crippen LogP contribution in [0.2, 0.25) is 0 Å². The van der Waals surface area contributed by atoms with Crippen molar-refractivity contribution in [3.8, 4) is 0 Å². The first-order valence-corrected chi connectivity index (χ1v) is 7.10. The van der Waals surface area contributed by atoms with Crippen LogP contribution in [0.4, 0.5) is 16.2 Å². The predicted molar refractivity (Wildman–Crippen MR) is 85.1 cm³/mol. The van der Waals surface area contributed by atoms with Gasteiger partial charge in [0.05, 0.1) is 6.20 Å². The van der Waals surface area contributed by atoms with Gasteiger partial charge in [0.1, 0.15) is 5.82 Å². The van der Waals surface area contributed by atoms with Crippen LogP contribution in [0.1, 0.15) is 11.1 Å². The molecule has 0 radical (unpaired) electrons. The lowest BCUT2D eigenvalue weighted by atomic mass is 10.2. The number of hydrogen-bond donors (Lipinski definition) is 2. The first-order chi connectivity index (χ1) is 11.3. The summed E-state index contributed by atoms with van der Waals surface area (Å²) in [4.78, 5) is 8.38. The van der Waals surface area contributed by atoms with Gasteiger partial charge in [-0.25, -0.2) is 4.39 Å². The fourth-order valence-electron chi connectivity index (χ4n) is 1.94. The first-order valence-electron chi connectivity index (χ1n) is 7.10. The molecule has 0 unspecified atom stereocenters. The van der Waals surface area contributed by atoms with E-state index in [2.05, 4.69) is 30.8 Å². The molecule has 0 aliphatic rings. The topological polar surface area (TPSA) is 75.6 Å². The molecule has 0 fully saturated rings. The average Bonchev–Trinajstić information content (AvgIpc) is 2.61. The summed E-state index contributed by atoms with van der Waals surface area (Å²) < 4.78 is 12.9. The van der Waals surface area contributed by atoms with Crippen LogP contribution in [0.15, 0.2) is 55.0 Å². The summed E-state index contributed by atoms with van der Waals surface area (Å²) in [5.41, 5.74) is 1.98. The van der Waals surface area contributed by atoms with Crippen LogP contribution >= 0.6 is 0 Å². The van der Waals surface area contributed by atoms with Crippen molar-refractivity contribution in [1.82, 2.24) is 20.2 Å². The minimum Gasteiger partial charge on any atom is -0.365 e. The van der Waals surface area contributed by atoms with Crippen LogP contribution in [0.5, 0.6) is 0 Å². The maximum Gasteiger partial charge on any atom is 0.244 e. The lowest BCUT2D eigenvalue weighted by Gasteiger charge is -2.07. The molecule has 0 saturated carbocycles. The van der Waals surface area contributed by atoms with Crippen molar-refractivity contribution in [2.75, 3.05) is 10.6 Å². The molecule has 0 atom stereocenters. The van der Waals surface area contributed by atoms with E-state index >= 15 is 0 Å². The number of aromatic nitrogens is 4. The summed E-state index contributed by atoms with van der Waals surface area (Å²) in [5.74, 6) is 0.773. The average molecular weight is 310 g/mol. The summed E-state index contributed by atoms with van der Waals surface area (Å²) in [7, 11) is 0. The zero-order valence-electron chi connectivity index (χ0n) is 12.3. The second-order valence-corrected chi connectivity index (χ2v) is 4.86. The Morgan fingerprint density at radius 1 is 0.913 bits per heavy atom. The van der Waals surface area contributed by atoms with Crippen LogP contribution in [0.3, 0.4) is 0 Å². The molecule has 0 saturated heterocycles. The number of nitrogens with one attached hydrogen (secondary N) is 2. The van der Waals surface area contributed by atoms with E-state index in [0.29, 0.717) is 24.9 Å². The zero-order chi connectivity index (χ0) is 15.9. The molecule has 0 aliphatic carbocycles.